The molecule has 128 valence electrons. The standard InChI is InChI=1S/C20H33N3/c1-6-8-10-15(3)11-12-23(22)20-17(5)13-18(21)14-19(20)16(4)9-7-2/h6,11-16H,1,7-10,21-22H2,2-5H3/b12-11-. The predicted molar refractivity (Wildman–Crippen MR) is 103 cm³/mol. The van der Waals surface area contributed by atoms with Crippen LogP contribution in [0.1, 0.15) is 63.5 Å². The van der Waals surface area contributed by atoms with Gasteiger partial charge in [0.1, 0.15) is 0 Å². The molecule has 0 heterocycles. The highest BCUT2D eigenvalue weighted by molar-refractivity contribution is 5.66. The molecule has 0 saturated carbocycles. The summed E-state index contributed by atoms with van der Waals surface area (Å²) in [6, 6.07) is 4.06. The van der Waals surface area contributed by atoms with Crippen LogP contribution in [0.15, 0.2) is 37.1 Å². The number of benzene rings is 1. The van der Waals surface area contributed by atoms with Gasteiger partial charge in [0, 0.05) is 11.9 Å². The van der Waals surface area contributed by atoms with Crippen molar-refractivity contribution in [3.63, 3.8) is 0 Å². The molecule has 2 atom stereocenters. The number of anilines is 2. The molecule has 0 amide bonds. The van der Waals surface area contributed by atoms with E-state index < -0.39 is 0 Å². The van der Waals surface area contributed by atoms with E-state index in [0.717, 1.165) is 42.6 Å². The number of hydrazine groups is 1. The van der Waals surface area contributed by atoms with Crippen LogP contribution in [0.5, 0.6) is 0 Å². The molecule has 0 fully saturated rings. The fourth-order valence-electron chi connectivity index (χ4n) is 2.94. The molecular formula is C20H33N3. The van der Waals surface area contributed by atoms with Crippen molar-refractivity contribution in [2.24, 2.45) is 11.8 Å². The normalized spacial score (nSPS) is 14.0. The summed E-state index contributed by atoms with van der Waals surface area (Å²) in [5.74, 6) is 7.26. The number of hydrogen-bond donors (Lipinski definition) is 2. The van der Waals surface area contributed by atoms with Crippen LogP contribution in [-0.2, 0) is 0 Å². The fourth-order valence-corrected chi connectivity index (χ4v) is 2.94. The molecule has 2 unspecified atom stereocenters. The summed E-state index contributed by atoms with van der Waals surface area (Å²) in [4.78, 5) is 0. The molecule has 1 rings (SSSR count). The van der Waals surface area contributed by atoms with Crippen LogP contribution in [0.25, 0.3) is 0 Å². The third kappa shape index (κ3) is 5.76. The number of nitrogen functional groups attached to an aromatic ring is 1. The second-order valence-electron chi connectivity index (χ2n) is 6.56. The molecule has 0 spiro atoms. The smallest absolute Gasteiger partial charge is 0.0633 e. The third-order valence-electron chi connectivity index (χ3n) is 4.26. The van der Waals surface area contributed by atoms with E-state index in [9.17, 15) is 0 Å². The maximum Gasteiger partial charge on any atom is 0.0633 e. The lowest BCUT2D eigenvalue weighted by molar-refractivity contribution is 0.654. The van der Waals surface area contributed by atoms with Gasteiger partial charge in [-0.15, -0.1) is 6.58 Å². The number of rotatable bonds is 9. The lowest BCUT2D eigenvalue weighted by atomic mass is 9.92. The second kappa shape index (κ2) is 9.41. The van der Waals surface area contributed by atoms with Crippen molar-refractivity contribution in [1.82, 2.24) is 0 Å². The van der Waals surface area contributed by atoms with Crippen LogP contribution in [0.3, 0.4) is 0 Å². The third-order valence-corrected chi connectivity index (χ3v) is 4.26. The maximum absolute atomic E-state index is 6.34. The molecule has 0 aliphatic rings. The summed E-state index contributed by atoms with van der Waals surface area (Å²) in [7, 11) is 0. The van der Waals surface area contributed by atoms with E-state index in [1.807, 2.05) is 18.3 Å². The zero-order chi connectivity index (χ0) is 17.4. The fraction of sp³-hybridized carbons (Fsp3) is 0.500. The first-order valence-electron chi connectivity index (χ1n) is 8.63. The summed E-state index contributed by atoms with van der Waals surface area (Å²) in [5.41, 5.74) is 10.3. The minimum atomic E-state index is 0.440. The summed E-state index contributed by atoms with van der Waals surface area (Å²) in [5, 5.41) is 1.75. The Bertz CT molecular complexity index is 534. The van der Waals surface area contributed by atoms with E-state index in [1.165, 1.54) is 5.56 Å². The molecule has 1 aromatic carbocycles. The molecule has 0 aromatic heterocycles. The molecule has 3 nitrogen and oxygen atoms in total. The molecule has 0 bridgehead atoms. The molecule has 4 N–H and O–H groups in total. The van der Waals surface area contributed by atoms with Crippen molar-refractivity contribution >= 4 is 11.4 Å². The molecular weight excluding hydrogens is 282 g/mol. The highest BCUT2D eigenvalue weighted by Gasteiger charge is 2.16. The Morgan fingerprint density at radius 1 is 1.26 bits per heavy atom. The first-order chi connectivity index (χ1) is 10.9. The predicted octanol–water partition coefficient (Wildman–Crippen LogP) is 5.28. The number of nitrogens with two attached hydrogens (primary N) is 2. The second-order valence-corrected chi connectivity index (χ2v) is 6.56. The van der Waals surface area contributed by atoms with Gasteiger partial charge in [-0.25, -0.2) is 5.84 Å². The van der Waals surface area contributed by atoms with Crippen molar-refractivity contribution in [2.75, 3.05) is 10.7 Å². The highest BCUT2D eigenvalue weighted by atomic mass is 15.4. The van der Waals surface area contributed by atoms with Crippen LogP contribution in [0, 0.1) is 12.8 Å². The van der Waals surface area contributed by atoms with E-state index in [0.29, 0.717) is 11.8 Å². The Morgan fingerprint density at radius 2 is 1.96 bits per heavy atom. The largest absolute Gasteiger partial charge is 0.399 e. The number of aryl methyl sites for hydroxylation is 1. The summed E-state index contributed by atoms with van der Waals surface area (Å²) in [6.07, 6.45) is 10.5. The zero-order valence-electron chi connectivity index (χ0n) is 15.2. The van der Waals surface area contributed by atoms with Crippen LogP contribution in [0.2, 0.25) is 0 Å². The van der Waals surface area contributed by atoms with Gasteiger partial charge in [-0.2, -0.15) is 0 Å². The van der Waals surface area contributed by atoms with Gasteiger partial charge in [0.25, 0.3) is 0 Å². The van der Waals surface area contributed by atoms with Crippen molar-refractivity contribution in [3.05, 3.63) is 48.2 Å². The Kier molecular flexibility index (Phi) is 7.90. The van der Waals surface area contributed by atoms with E-state index in [4.69, 9.17) is 11.6 Å². The van der Waals surface area contributed by atoms with Crippen molar-refractivity contribution in [1.29, 1.82) is 0 Å². The average Bonchev–Trinajstić information content (AvgIpc) is 2.50. The maximum atomic E-state index is 6.34. The van der Waals surface area contributed by atoms with Gasteiger partial charge >= 0.3 is 0 Å². The van der Waals surface area contributed by atoms with Crippen molar-refractivity contribution in [3.8, 4) is 0 Å². The van der Waals surface area contributed by atoms with Crippen molar-refractivity contribution < 1.29 is 0 Å². The van der Waals surface area contributed by atoms with E-state index in [-0.39, 0.29) is 0 Å². The first kappa shape index (κ1) is 19.3. The number of allylic oxidation sites excluding steroid dienone is 2. The molecule has 0 aliphatic carbocycles. The Labute approximate surface area is 142 Å². The number of nitrogens with zero attached hydrogens (tertiary/aromatic N) is 1. The zero-order valence-corrected chi connectivity index (χ0v) is 15.2. The van der Waals surface area contributed by atoms with E-state index in [1.54, 1.807) is 5.01 Å². The van der Waals surface area contributed by atoms with Crippen LogP contribution in [0.4, 0.5) is 11.4 Å². The van der Waals surface area contributed by atoms with E-state index in [2.05, 4.69) is 46.4 Å². The van der Waals surface area contributed by atoms with Crippen LogP contribution < -0.4 is 16.6 Å². The van der Waals surface area contributed by atoms with Gasteiger partial charge in [-0.05, 0) is 61.3 Å². The average molecular weight is 316 g/mol. The topological polar surface area (TPSA) is 55.3 Å². The Balaban J connectivity index is 3.04. The molecule has 23 heavy (non-hydrogen) atoms. The molecule has 3 heteroatoms. The van der Waals surface area contributed by atoms with Gasteiger partial charge in [-0.3, -0.25) is 5.01 Å². The van der Waals surface area contributed by atoms with Gasteiger partial charge in [0.15, 0.2) is 0 Å². The van der Waals surface area contributed by atoms with Gasteiger partial charge in [-0.1, -0.05) is 39.3 Å². The van der Waals surface area contributed by atoms with Crippen LogP contribution >= 0.6 is 0 Å². The lowest BCUT2D eigenvalue weighted by Gasteiger charge is -2.25. The van der Waals surface area contributed by atoms with E-state index >= 15 is 0 Å². The van der Waals surface area contributed by atoms with Gasteiger partial charge < -0.3 is 5.73 Å². The Hall–Kier alpha value is -1.74. The minimum Gasteiger partial charge on any atom is -0.399 e. The lowest BCUT2D eigenvalue weighted by Crippen LogP contribution is -2.27. The number of hydrogen-bond acceptors (Lipinski definition) is 3. The summed E-state index contributed by atoms with van der Waals surface area (Å²) in [6.45, 7) is 12.5. The Morgan fingerprint density at radius 3 is 2.57 bits per heavy atom. The molecule has 1 aromatic rings. The first-order valence-corrected chi connectivity index (χ1v) is 8.63. The molecule has 0 radical (unpaired) electrons. The van der Waals surface area contributed by atoms with Gasteiger partial charge in [0.05, 0.1) is 5.69 Å². The SMILES string of the molecule is C=CCCC(C)/C=C\N(N)c1c(C)cc(N)cc1C(C)CCC. The molecule has 0 aliphatic heterocycles. The van der Waals surface area contributed by atoms with Gasteiger partial charge in [0.2, 0.25) is 0 Å². The minimum absolute atomic E-state index is 0.440. The van der Waals surface area contributed by atoms with Crippen molar-refractivity contribution in [2.45, 2.75) is 59.3 Å². The molecule has 0 saturated heterocycles. The quantitative estimate of drug-likeness (QED) is 0.282. The summed E-state index contributed by atoms with van der Waals surface area (Å²) < 4.78 is 0. The monoisotopic (exact) mass is 315 g/mol. The highest BCUT2D eigenvalue weighted by Crippen LogP contribution is 2.34. The van der Waals surface area contributed by atoms with Crippen LogP contribution in [-0.4, -0.2) is 0 Å². The summed E-state index contributed by atoms with van der Waals surface area (Å²) >= 11 is 0.